The molecule has 0 unspecified atom stereocenters. The van der Waals surface area contributed by atoms with E-state index in [9.17, 15) is 9.18 Å². The molecule has 0 radical (unpaired) electrons. The number of fused-ring (bicyclic) bond motifs is 1. The number of halogens is 1. The Labute approximate surface area is 157 Å². The number of benzene rings is 2. The van der Waals surface area contributed by atoms with Crippen molar-refractivity contribution < 1.29 is 13.9 Å². The zero-order chi connectivity index (χ0) is 19.2. The molecule has 0 spiro atoms. The van der Waals surface area contributed by atoms with E-state index >= 15 is 0 Å². The van der Waals surface area contributed by atoms with Crippen molar-refractivity contribution in [2.45, 2.75) is 6.04 Å². The van der Waals surface area contributed by atoms with Gasteiger partial charge in [-0.1, -0.05) is 30.3 Å². The summed E-state index contributed by atoms with van der Waals surface area (Å²) in [6.07, 6.45) is 1.72. The van der Waals surface area contributed by atoms with Gasteiger partial charge in [0.25, 0.3) is 0 Å². The molecule has 0 aliphatic rings. The lowest BCUT2D eigenvalue weighted by molar-refractivity contribution is -0.125. The molecule has 1 atom stereocenters. The first-order valence-electron chi connectivity index (χ1n) is 8.72. The number of nitrogens with one attached hydrogen (secondary N) is 1. The van der Waals surface area contributed by atoms with Crippen molar-refractivity contribution in [3.8, 4) is 5.75 Å². The molecule has 2 aromatic carbocycles. The Morgan fingerprint density at radius 1 is 1.19 bits per heavy atom. The molecule has 0 saturated carbocycles. The van der Waals surface area contributed by atoms with Crippen molar-refractivity contribution in [1.82, 2.24) is 15.2 Å². The number of nitrogens with zero attached hydrogens (tertiary/aromatic N) is 2. The summed E-state index contributed by atoms with van der Waals surface area (Å²) in [4.78, 5) is 18.7. The second-order valence-corrected chi connectivity index (χ2v) is 6.39. The Kier molecular flexibility index (Phi) is 5.98. The number of carbonyl (C=O) groups is 1. The highest BCUT2D eigenvalue weighted by Gasteiger charge is 2.22. The lowest BCUT2D eigenvalue weighted by Crippen LogP contribution is -2.38. The Hall–Kier alpha value is -2.99. The largest absolute Gasteiger partial charge is 0.489 e. The van der Waals surface area contributed by atoms with Crippen molar-refractivity contribution in [2.75, 3.05) is 27.2 Å². The van der Waals surface area contributed by atoms with Crippen molar-refractivity contribution in [3.05, 3.63) is 72.2 Å². The van der Waals surface area contributed by atoms with E-state index < -0.39 is 6.04 Å². The van der Waals surface area contributed by atoms with Crippen LogP contribution in [0.25, 0.3) is 10.9 Å². The Bertz CT molecular complexity index is 925. The van der Waals surface area contributed by atoms with Gasteiger partial charge < -0.3 is 10.1 Å². The summed E-state index contributed by atoms with van der Waals surface area (Å²) < 4.78 is 19.3. The molecule has 1 N–H and O–H groups in total. The van der Waals surface area contributed by atoms with Gasteiger partial charge in [-0.05, 0) is 43.9 Å². The van der Waals surface area contributed by atoms with Gasteiger partial charge in [-0.25, -0.2) is 4.39 Å². The van der Waals surface area contributed by atoms with Gasteiger partial charge in [0.1, 0.15) is 29.7 Å². The van der Waals surface area contributed by atoms with Crippen molar-refractivity contribution >= 4 is 16.8 Å². The topological polar surface area (TPSA) is 54.5 Å². The maximum absolute atomic E-state index is 13.5. The Balaban J connectivity index is 1.59. The molecular formula is C21H22FN3O2. The van der Waals surface area contributed by atoms with E-state index in [0.29, 0.717) is 24.5 Å². The molecule has 6 heteroatoms. The van der Waals surface area contributed by atoms with Crippen LogP contribution in [-0.4, -0.2) is 43.0 Å². The second-order valence-electron chi connectivity index (χ2n) is 6.39. The predicted octanol–water partition coefficient (Wildman–Crippen LogP) is 3.17. The first-order valence-corrected chi connectivity index (χ1v) is 8.72. The highest BCUT2D eigenvalue weighted by Crippen LogP contribution is 2.23. The van der Waals surface area contributed by atoms with E-state index in [0.717, 1.165) is 10.9 Å². The molecule has 0 aliphatic carbocycles. The van der Waals surface area contributed by atoms with Gasteiger partial charge in [-0.3, -0.25) is 14.7 Å². The fourth-order valence-electron chi connectivity index (χ4n) is 2.99. The minimum atomic E-state index is -0.570. The average molecular weight is 367 g/mol. The number of amides is 1. The van der Waals surface area contributed by atoms with Crippen LogP contribution < -0.4 is 10.1 Å². The molecule has 0 fully saturated rings. The molecular weight excluding hydrogens is 345 g/mol. The zero-order valence-electron chi connectivity index (χ0n) is 15.4. The minimum absolute atomic E-state index is 0.203. The minimum Gasteiger partial charge on any atom is -0.489 e. The monoisotopic (exact) mass is 367 g/mol. The summed E-state index contributed by atoms with van der Waals surface area (Å²) in [7, 11) is 3.57. The average Bonchev–Trinajstić information content (AvgIpc) is 2.65. The second kappa shape index (κ2) is 8.60. The number of para-hydroxylation sites is 1. The number of likely N-dealkylation sites (N-methyl/N-ethyl adjacent to an activating group) is 1. The Morgan fingerprint density at radius 3 is 2.74 bits per heavy atom. The van der Waals surface area contributed by atoms with Gasteiger partial charge in [0, 0.05) is 11.6 Å². The number of pyridine rings is 1. The summed E-state index contributed by atoms with van der Waals surface area (Å²) >= 11 is 0. The summed E-state index contributed by atoms with van der Waals surface area (Å²) in [5.41, 5.74) is 1.40. The van der Waals surface area contributed by atoms with Gasteiger partial charge in [0.2, 0.25) is 5.91 Å². The lowest BCUT2D eigenvalue weighted by Gasteiger charge is -2.24. The molecule has 1 amide bonds. The van der Waals surface area contributed by atoms with E-state index in [1.807, 2.05) is 30.3 Å². The fourth-order valence-corrected chi connectivity index (χ4v) is 2.99. The normalized spacial score (nSPS) is 12.1. The first kappa shape index (κ1) is 18.8. The molecule has 140 valence electrons. The lowest BCUT2D eigenvalue weighted by atomic mass is 10.1. The van der Waals surface area contributed by atoms with E-state index in [4.69, 9.17) is 4.74 Å². The molecule has 0 bridgehead atoms. The van der Waals surface area contributed by atoms with E-state index in [2.05, 4.69) is 10.3 Å². The van der Waals surface area contributed by atoms with Crippen LogP contribution in [0.5, 0.6) is 5.75 Å². The van der Waals surface area contributed by atoms with Crippen LogP contribution in [0, 0.1) is 5.82 Å². The zero-order valence-corrected chi connectivity index (χ0v) is 15.4. The molecule has 1 aromatic heterocycles. The van der Waals surface area contributed by atoms with Gasteiger partial charge >= 0.3 is 0 Å². The first-order chi connectivity index (χ1) is 13.1. The van der Waals surface area contributed by atoms with Crippen molar-refractivity contribution in [3.63, 3.8) is 0 Å². The fraction of sp³-hybridized carbons (Fsp3) is 0.238. The standard InChI is InChI=1S/C21H22FN3O2/c1-25(2)20(16-7-3-9-17(22)14-16)21(26)24-12-13-27-18-10-4-6-15-8-5-11-23-19(15)18/h3-11,14,20H,12-13H2,1-2H3,(H,24,26)/t20-/m1/s1. The van der Waals surface area contributed by atoms with Crippen molar-refractivity contribution in [2.24, 2.45) is 0 Å². The highest BCUT2D eigenvalue weighted by molar-refractivity contribution is 5.84. The predicted molar refractivity (Wildman–Crippen MR) is 103 cm³/mol. The maximum atomic E-state index is 13.5. The third kappa shape index (κ3) is 4.60. The third-order valence-corrected chi connectivity index (χ3v) is 4.18. The maximum Gasteiger partial charge on any atom is 0.242 e. The van der Waals surface area contributed by atoms with Crippen molar-refractivity contribution in [1.29, 1.82) is 0 Å². The van der Waals surface area contributed by atoms with Gasteiger partial charge in [-0.2, -0.15) is 0 Å². The number of hydrogen-bond acceptors (Lipinski definition) is 4. The summed E-state index contributed by atoms with van der Waals surface area (Å²) in [5.74, 6) is 0.112. The van der Waals surface area contributed by atoms with Crippen LogP contribution in [0.4, 0.5) is 4.39 Å². The van der Waals surface area contributed by atoms with E-state index in [-0.39, 0.29) is 11.7 Å². The van der Waals surface area contributed by atoms with Crippen LogP contribution in [-0.2, 0) is 4.79 Å². The van der Waals surface area contributed by atoms with Crippen LogP contribution in [0.15, 0.2) is 60.8 Å². The van der Waals surface area contributed by atoms with E-state index in [1.54, 1.807) is 37.3 Å². The van der Waals surface area contributed by atoms with Crippen LogP contribution in [0.1, 0.15) is 11.6 Å². The van der Waals surface area contributed by atoms with E-state index in [1.165, 1.54) is 12.1 Å². The molecule has 0 aliphatic heterocycles. The highest BCUT2D eigenvalue weighted by atomic mass is 19.1. The quantitative estimate of drug-likeness (QED) is 0.652. The number of hydrogen-bond donors (Lipinski definition) is 1. The molecule has 3 aromatic rings. The molecule has 5 nitrogen and oxygen atoms in total. The van der Waals surface area contributed by atoms with Crippen LogP contribution >= 0.6 is 0 Å². The SMILES string of the molecule is CN(C)[C@@H](C(=O)NCCOc1cccc2cccnc12)c1cccc(F)c1. The summed E-state index contributed by atoms with van der Waals surface area (Å²) in [5, 5.41) is 3.85. The van der Waals surface area contributed by atoms with Crippen LogP contribution in [0.3, 0.4) is 0 Å². The summed E-state index contributed by atoms with van der Waals surface area (Å²) in [6.45, 7) is 0.645. The molecule has 3 rings (SSSR count). The number of carbonyl (C=O) groups excluding carboxylic acids is 1. The number of aromatic nitrogens is 1. The molecule has 0 saturated heterocycles. The van der Waals surface area contributed by atoms with Crippen LogP contribution in [0.2, 0.25) is 0 Å². The Morgan fingerprint density at radius 2 is 1.96 bits per heavy atom. The number of rotatable bonds is 7. The summed E-state index contributed by atoms with van der Waals surface area (Å²) in [6, 6.07) is 15.1. The molecule has 27 heavy (non-hydrogen) atoms. The van der Waals surface area contributed by atoms with Gasteiger partial charge in [0.15, 0.2) is 0 Å². The smallest absolute Gasteiger partial charge is 0.242 e. The van der Waals surface area contributed by atoms with Gasteiger partial charge in [0.05, 0.1) is 6.54 Å². The van der Waals surface area contributed by atoms with Gasteiger partial charge in [-0.15, -0.1) is 0 Å². The molecule has 1 heterocycles. The third-order valence-electron chi connectivity index (χ3n) is 4.18. The number of ether oxygens (including phenoxy) is 1.